The van der Waals surface area contributed by atoms with Crippen LogP contribution < -0.4 is 10.1 Å². The number of rotatable bonds is 7. The number of aryl methyl sites for hydroxylation is 1. The predicted molar refractivity (Wildman–Crippen MR) is 98.5 cm³/mol. The number of nitrogens with one attached hydrogen (secondary N) is 1. The molecule has 2 heterocycles. The first-order valence-corrected chi connectivity index (χ1v) is 8.87. The van der Waals surface area contributed by atoms with Gasteiger partial charge < -0.3 is 10.1 Å². The average Bonchev–Trinajstić information content (AvgIpc) is 3.15. The summed E-state index contributed by atoms with van der Waals surface area (Å²) in [6, 6.07) is 11.5. The summed E-state index contributed by atoms with van der Waals surface area (Å²) in [5, 5.41) is 5.89. The maximum Gasteiger partial charge on any atom is 0.220 e. The SMILES string of the molecule is COc1ccc(CNC(=O)CCc2csc(-c3ccncc3)n2)cc1. The van der Waals surface area contributed by atoms with E-state index in [1.54, 1.807) is 30.8 Å². The lowest BCUT2D eigenvalue weighted by Crippen LogP contribution is -2.23. The first-order valence-electron chi connectivity index (χ1n) is 7.99. The highest BCUT2D eigenvalue weighted by Crippen LogP contribution is 2.23. The van der Waals surface area contributed by atoms with Crippen molar-refractivity contribution in [3.63, 3.8) is 0 Å². The van der Waals surface area contributed by atoms with Gasteiger partial charge in [0.1, 0.15) is 10.8 Å². The zero-order valence-electron chi connectivity index (χ0n) is 13.9. The Morgan fingerprint density at radius 3 is 2.64 bits per heavy atom. The molecule has 0 aliphatic carbocycles. The van der Waals surface area contributed by atoms with Gasteiger partial charge in [-0.25, -0.2) is 4.98 Å². The molecule has 2 aromatic heterocycles. The molecule has 0 unspecified atom stereocenters. The smallest absolute Gasteiger partial charge is 0.220 e. The molecule has 0 fully saturated rings. The van der Waals surface area contributed by atoms with Gasteiger partial charge in [-0.3, -0.25) is 9.78 Å². The summed E-state index contributed by atoms with van der Waals surface area (Å²) in [6.45, 7) is 0.516. The van der Waals surface area contributed by atoms with Crippen molar-refractivity contribution >= 4 is 17.2 Å². The third kappa shape index (κ3) is 4.87. The van der Waals surface area contributed by atoms with Gasteiger partial charge in [0.15, 0.2) is 0 Å². The van der Waals surface area contributed by atoms with Crippen molar-refractivity contribution in [2.75, 3.05) is 7.11 Å². The molecule has 0 spiro atoms. The average molecular weight is 353 g/mol. The normalized spacial score (nSPS) is 10.4. The summed E-state index contributed by atoms with van der Waals surface area (Å²) < 4.78 is 5.12. The van der Waals surface area contributed by atoms with Crippen LogP contribution in [0.4, 0.5) is 0 Å². The zero-order chi connectivity index (χ0) is 17.5. The molecule has 0 radical (unpaired) electrons. The summed E-state index contributed by atoms with van der Waals surface area (Å²) in [7, 11) is 1.63. The Morgan fingerprint density at radius 1 is 1.16 bits per heavy atom. The number of carbonyl (C=O) groups is 1. The van der Waals surface area contributed by atoms with E-state index >= 15 is 0 Å². The molecule has 0 aliphatic heterocycles. The van der Waals surface area contributed by atoms with E-state index in [-0.39, 0.29) is 5.91 Å². The number of nitrogens with zero attached hydrogens (tertiary/aromatic N) is 2. The Hall–Kier alpha value is -2.73. The van der Waals surface area contributed by atoms with Crippen LogP contribution in [0.15, 0.2) is 54.2 Å². The van der Waals surface area contributed by atoms with E-state index in [9.17, 15) is 4.79 Å². The van der Waals surface area contributed by atoms with Gasteiger partial charge in [-0.2, -0.15) is 0 Å². The number of benzene rings is 1. The molecule has 128 valence electrons. The highest BCUT2D eigenvalue weighted by molar-refractivity contribution is 7.13. The van der Waals surface area contributed by atoms with E-state index in [4.69, 9.17) is 4.74 Å². The van der Waals surface area contributed by atoms with Crippen LogP contribution in [-0.2, 0) is 17.8 Å². The number of thiazole rings is 1. The van der Waals surface area contributed by atoms with Gasteiger partial charge in [-0.15, -0.1) is 11.3 Å². The summed E-state index contributed by atoms with van der Waals surface area (Å²) >= 11 is 1.59. The molecule has 3 rings (SSSR count). The Morgan fingerprint density at radius 2 is 1.92 bits per heavy atom. The molecule has 1 aromatic carbocycles. The van der Waals surface area contributed by atoms with Gasteiger partial charge in [0.25, 0.3) is 0 Å². The fourth-order valence-electron chi connectivity index (χ4n) is 2.32. The van der Waals surface area contributed by atoms with Crippen LogP contribution >= 0.6 is 11.3 Å². The molecule has 0 saturated carbocycles. The van der Waals surface area contributed by atoms with Gasteiger partial charge in [-0.1, -0.05) is 12.1 Å². The van der Waals surface area contributed by atoms with Crippen molar-refractivity contribution in [3.8, 4) is 16.3 Å². The van der Waals surface area contributed by atoms with E-state index in [2.05, 4.69) is 15.3 Å². The first kappa shape index (κ1) is 17.1. The van der Waals surface area contributed by atoms with E-state index in [1.165, 1.54) is 0 Å². The summed E-state index contributed by atoms with van der Waals surface area (Å²) in [5.74, 6) is 0.831. The molecular formula is C19H19N3O2S. The molecule has 0 bridgehead atoms. The predicted octanol–water partition coefficient (Wildman–Crippen LogP) is 3.46. The molecule has 6 heteroatoms. The third-order valence-corrected chi connectivity index (χ3v) is 4.68. The number of hydrogen-bond donors (Lipinski definition) is 1. The molecule has 3 aromatic rings. The molecule has 0 aliphatic rings. The number of hydrogen-bond acceptors (Lipinski definition) is 5. The van der Waals surface area contributed by atoms with Crippen molar-refractivity contribution in [3.05, 3.63) is 65.4 Å². The zero-order valence-corrected chi connectivity index (χ0v) is 14.8. The van der Waals surface area contributed by atoms with Gasteiger partial charge in [0, 0.05) is 36.3 Å². The van der Waals surface area contributed by atoms with Crippen molar-refractivity contribution in [2.45, 2.75) is 19.4 Å². The second-order valence-electron chi connectivity index (χ2n) is 5.50. The van der Waals surface area contributed by atoms with Crippen LogP contribution in [0, 0.1) is 0 Å². The van der Waals surface area contributed by atoms with Gasteiger partial charge in [0.05, 0.1) is 12.8 Å². The van der Waals surface area contributed by atoms with Gasteiger partial charge >= 0.3 is 0 Å². The summed E-state index contributed by atoms with van der Waals surface area (Å²) in [4.78, 5) is 20.6. The molecule has 1 amide bonds. The van der Waals surface area contributed by atoms with E-state index in [0.717, 1.165) is 27.6 Å². The Labute approximate surface area is 150 Å². The summed E-state index contributed by atoms with van der Waals surface area (Å²) in [5.41, 5.74) is 3.04. The number of ether oxygens (including phenoxy) is 1. The van der Waals surface area contributed by atoms with Crippen LogP contribution in [0.2, 0.25) is 0 Å². The molecule has 5 nitrogen and oxygen atoms in total. The number of pyridine rings is 1. The second-order valence-corrected chi connectivity index (χ2v) is 6.36. The van der Waals surface area contributed by atoms with Crippen LogP contribution in [0.5, 0.6) is 5.75 Å². The van der Waals surface area contributed by atoms with Gasteiger partial charge in [0.2, 0.25) is 5.91 Å². The van der Waals surface area contributed by atoms with Crippen molar-refractivity contribution in [2.24, 2.45) is 0 Å². The van der Waals surface area contributed by atoms with E-state index < -0.39 is 0 Å². The topological polar surface area (TPSA) is 64.1 Å². The minimum absolute atomic E-state index is 0.0225. The van der Waals surface area contributed by atoms with E-state index in [1.807, 2.05) is 41.8 Å². The molecule has 0 saturated heterocycles. The minimum Gasteiger partial charge on any atom is -0.497 e. The number of amides is 1. The quantitative estimate of drug-likeness (QED) is 0.706. The van der Waals surface area contributed by atoms with Crippen LogP contribution in [-0.4, -0.2) is 23.0 Å². The Balaban J connectivity index is 1.46. The van der Waals surface area contributed by atoms with E-state index in [0.29, 0.717) is 19.4 Å². The van der Waals surface area contributed by atoms with Crippen molar-refractivity contribution < 1.29 is 9.53 Å². The van der Waals surface area contributed by atoms with Gasteiger partial charge in [-0.05, 0) is 36.2 Å². The molecule has 1 N–H and O–H groups in total. The monoisotopic (exact) mass is 353 g/mol. The molecule has 25 heavy (non-hydrogen) atoms. The highest BCUT2D eigenvalue weighted by Gasteiger charge is 2.07. The molecule has 0 atom stereocenters. The van der Waals surface area contributed by atoms with Crippen LogP contribution in [0.1, 0.15) is 17.7 Å². The lowest BCUT2D eigenvalue weighted by molar-refractivity contribution is -0.121. The lowest BCUT2D eigenvalue weighted by atomic mass is 10.2. The fraction of sp³-hybridized carbons (Fsp3) is 0.211. The fourth-order valence-corrected chi connectivity index (χ4v) is 3.18. The standard InChI is InChI=1S/C19H19N3O2S/c1-24-17-5-2-14(3-6-17)12-21-18(23)7-4-16-13-25-19(22-16)15-8-10-20-11-9-15/h2-3,5-6,8-11,13H,4,7,12H2,1H3,(H,21,23). The maximum absolute atomic E-state index is 12.0. The Bertz CT molecular complexity index is 816. The van der Waals surface area contributed by atoms with Crippen LogP contribution in [0.3, 0.4) is 0 Å². The van der Waals surface area contributed by atoms with Crippen molar-refractivity contribution in [1.29, 1.82) is 0 Å². The maximum atomic E-state index is 12.0. The Kier molecular flexibility index (Phi) is 5.74. The lowest BCUT2D eigenvalue weighted by Gasteiger charge is -2.06. The number of aromatic nitrogens is 2. The largest absolute Gasteiger partial charge is 0.497 e. The van der Waals surface area contributed by atoms with Crippen LogP contribution in [0.25, 0.3) is 10.6 Å². The molecular weight excluding hydrogens is 334 g/mol. The first-order chi connectivity index (χ1) is 12.2. The second kappa shape index (κ2) is 8.39. The number of methoxy groups -OCH3 is 1. The summed E-state index contributed by atoms with van der Waals surface area (Å²) in [6.07, 6.45) is 4.57. The highest BCUT2D eigenvalue weighted by atomic mass is 32.1. The number of carbonyl (C=O) groups excluding carboxylic acids is 1. The van der Waals surface area contributed by atoms with Crippen molar-refractivity contribution in [1.82, 2.24) is 15.3 Å². The third-order valence-electron chi connectivity index (χ3n) is 3.74. The minimum atomic E-state index is 0.0225.